The van der Waals surface area contributed by atoms with E-state index in [2.05, 4.69) is 236 Å². The number of rotatable bonds is 7. The lowest BCUT2D eigenvalue weighted by molar-refractivity contribution is 0.592. The second-order valence-electron chi connectivity index (χ2n) is 19.9. The van der Waals surface area contributed by atoms with E-state index in [1.54, 1.807) is 5.20 Å². The van der Waals surface area contributed by atoms with Crippen LogP contribution in [0, 0.1) is 5.92 Å². The Kier molecular flexibility index (Phi) is 10.9. The molecule has 0 heterocycles. The van der Waals surface area contributed by atoms with E-state index in [-0.39, 0.29) is 16.2 Å². The van der Waals surface area contributed by atoms with Crippen molar-refractivity contribution in [3.8, 4) is 33.4 Å². The lowest BCUT2D eigenvalue weighted by Gasteiger charge is -2.41. The van der Waals surface area contributed by atoms with Gasteiger partial charge in [0.05, 0.1) is 0 Å². The molecule has 58 heavy (non-hydrogen) atoms. The Morgan fingerprint density at radius 2 is 0.672 bits per heavy atom. The van der Waals surface area contributed by atoms with Crippen LogP contribution < -0.4 is 15.6 Å². The van der Waals surface area contributed by atoms with Gasteiger partial charge in [-0.2, -0.15) is 0 Å². The molecular formula is C57H64Si. The minimum atomic E-state index is -3.06. The SMILES string of the molecule is CC1=C(C)C(C)C([Si](c2ccc(-c3ccccc3)c(C(C)(C)C)c2)(c2ccc(-c3ccccc3)c(C(C)(C)C)c2)c2ccc(-c3ccccc3)c(C(C)(C)C)c2)=C1C. The molecule has 296 valence electrons. The first-order chi connectivity index (χ1) is 27.3. The summed E-state index contributed by atoms with van der Waals surface area (Å²) in [5, 5.41) is 6.00. The van der Waals surface area contributed by atoms with E-state index in [4.69, 9.17) is 0 Å². The number of allylic oxidation sites excluding steroid dienone is 4. The molecule has 0 bridgehead atoms. The zero-order valence-corrected chi connectivity index (χ0v) is 38.4. The third-order valence-corrected chi connectivity index (χ3v) is 18.2. The fraction of sp³-hybridized carbons (Fsp3) is 0.298. The highest BCUT2D eigenvalue weighted by Crippen LogP contribution is 2.44. The third-order valence-electron chi connectivity index (χ3n) is 13.1. The molecule has 1 atom stereocenters. The summed E-state index contributed by atoms with van der Waals surface area (Å²) >= 11 is 0. The molecule has 0 amide bonds. The summed E-state index contributed by atoms with van der Waals surface area (Å²) < 4.78 is 0. The van der Waals surface area contributed by atoms with Crippen LogP contribution in [0.3, 0.4) is 0 Å². The van der Waals surface area contributed by atoms with Gasteiger partial charge in [-0.15, -0.1) is 0 Å². The van der Waals surface area contributed by atoms with E-state index < -0.39 is 8.07 Å². The molecule has 0 aliphatic heterocycles. The van der Waals surface area contributed by atoms with Crippen LogP contribution in [0.1, 0.15) is 107 Å². The lowest BCUT2D eigenvalue weighted by Crippen LogP contribution is -2.70. The minimum absolute atomic E-state index is 0.0857. The van der Waals surface area contributed by atoms with E-state index in [0.29, 0.717) is 5.92 Å². The van der Waals surface area contributed by atoms with Crippen LogP contribution >= 0.6 is 0 Å². The van der Waals surface area contributed by atoms with E-state index in [1.807, 2.05) is 0 Å². The average molecular weight is 777 g/mol. The molecule has 0 spiro atoms. The van der Waals surface area contributed by atoms with E-state index >= 15 is 0 Å². The van der Waals surface area contributed by atoms with Crippen LogP contribution in [0.25, 0.3) is 33.4 Å². The monoisotopic (exact) mass is 776 g/mol. The first kappa shape index (κ1) is 41.2. The van der Waals surface area contributed by atoms with Gasteiger partial charge in [0.1, 0.15) is 0 Å². The lowest BCUT2D eigenvalue weighted by atomic mass is 9.82. The van der Waals surface area contributed by atoms with Gasteiger partial charge in [-0.1, -0.05) is 231 Å². The Morgan fingerprint density at radius 1 is 0.379 bits per heavy atom. The molecular weight excluding hydrogens is 713 g/mol. The number of hydrogen-bond acceptors (Lipinski definition) is 0. The molecule has 0 aromatic heterocycles. The van der Waals surface area contributed by atoms with Crippen LogP contribution in [0.15, 0.2) is 168 Å². The highest BCUT2D eigenvalue weighted by Gasteiger charge is 2.49. The van der Waals surface area contributed by atoms with Gasteiger partial charge < -0.3 is 0 Å². The van der Waals surface area contributed by atoms with Crippen molar-refractivity contribution in [3.63, 3.8) is 0 Å². The van der Waals surface area contributed by atoms with Gasteiger partial charge in [-0.25, -0.2) is 0 Å². The third kappa shape index (κ3) is 7.32. The van der Waals surface area contributed by atoms with Gasteiger partial charge >= 0.3 is 0 Å². The molecule has 1 aliphatic rings. The molecule has 7 rings (SSSR count). The second kappa shape index (κ2) is 15.3. The minimum Gasteiger partial charge on any atom is -0.0636 e. The molecule has 0 nitrogen and oxygen atoms in total. The van der Waals surface area contributed by atoms with Crippen molar-refractivity contribution in [2.75, 3.05) is 0 Å². The first-order valence-corrected chi connectivity index (χ1v) is 23.4. The zero-order valence-electron chi connectivity index (χ0n) is 37.4. The Balaban J connectivity index is 1.69. The highest BCUT2D eigenvalue weighted by molar-refractivity contribution is 7.16. The predicted molar refractivity (Wildman–Crippen MR) is 257 cm³/mol. The largest absolute Gasteiger partial charge is 0.176 e. The van der Waals surface area contributed by atoms with Gasteiger partial charge in [0, 0.05) is 0 Å². The van der Waals surface area contributed by atoms with Gasteiger partial charge in [0.2, 0.25) is 0 Å². The molecule has 6 aromatic rings. The topological polar surface area (TPSA) is 0 Å². The van der Waals surface area contributed by atoms with Crippen LogP contribution in [-0.2, 0) is 16.2 Å². The molecule has 1 unspecified atom stereocenters. The van der Waals surface area contributed by atoms with Crippen LogP contribution in [0.4, 0.5) is 0 Å². The van der Waals surface area contributed by atoms with Crippen molar-refractivity contribution in [2.45, 2.75) is 106 Å². The molecule has 0 saturated carbocycles. The highest BCUT2D eigenvalue weighted by atomic mass is 28.3. The van der Waals surface area contributed by atoms with Gasteiger partial charge in [-0.05, 0) is 114 Å². The molecule has 1 aliphatic carbocycles. The smallest absolute Gasteiger partial charge is 0.0636 e. The van der Waals surface area contributed by atoms with Crippen molar-refractivity contribution >= 4 is 23.6 Å². The molecule has 0 radical (unpaired) electrons. The maximum Gasteiger partial charge on any atom is 0.176 e. The average Bonchev–Trinajstić information content (AvgIpc) is 3.39. The van der Waals surface area contributed by atoms with E-state index in [9.17, 15) is 0 Å². The first-order valence-electron chi connectivity index (χ1n) is 21.4. The number of hydrogen-bond donors (Lipinski definition) is 0. The van der Waals surface area contributed by atoms with Crippen LogP contribution in [0.2, 0.25) is 0 Å². The molecule has 0 saturated heterocycles. The summed E-state index contributed by atoms with van der Waals surface area (Å²) in [7, 11) is -3.06. The van der Waals surface area contributed by atoms with Crippen molar-refractivity contribution < 1.29 is 0 Å². The molecule has 0 fully saturated rings. The van der Waals surface area contributed by atoms with Crippen molar-refractivity contribution in [3.05, 3.63) is 184 Å². The summed E-state index contributed by atoms with van der Waals surface area (Å²) in [5.41, 5.74) is 16.1. The standard InChI is InChI=1S/C57H64Si/c1-38-39(2)41(4)54(40(38)3)58(45-29-32-48(42-23-17-14-18-24-42)51(35-45)55(5,6)7,46-30-33-49(43-25-19-15-20-26-43)52(36-46)56(8,9)10)47-31-34-50(44-27-21-16-22-28-44)53(37-47)57(11,12)13/h14-37,40H,1-13H3. The summed E-state index contributed by atoms with van der Waals surface area (Å²) in [6.07, 6.45) is 0. The molecule has 1 heteroatoms. The molecule has 6 aromatic carbocycles. The van der Waals surface area contributed by atoms with Crippen LogP contribution in [-0.4, -0.2) is 8.07 Å². The summed E-state index contributed by atoms with van der Waals surface area (Å²) in [4.78, 5) is 0. The maximum atomic E-state index is 2.65. The van der Waals surface area contributed by atoms with Gasteiger partial charge in [-0.3, -0.25) is 0 Å². The fourth-order valence-corrected chi connectivity index (χ4v) is 15.4. The summed E-state index contributed by atoms with van der Waals surface area (Å²) in [5.74, 6) is 0.303. The quantitative estimate of drug-likeness (QED) is 0.112. The van der Waals surface area contributed by atoms with Crippen molar-refractivity contribution in [1.29, 1.82) is 0 Å². The Labute approximate surface area is 351 Å². The number of benzene rings is 6. The Morgan fingerprint density at radius 3 is 0.914 bits per heavy atom. The summed E-state index contributed by atoms with van der Waals surface area (Å²) in [6.45, 7) is 31.2. The van der Waals surface area contributed by atoms with E-state index in [0.717, 1.165) is 0 Å². The summed E-state index contributed by atoms with van der Waals surface area (Å²) in [6, 6.07) is 55.9. The van der Waals surface area contributed by atoms with Crippen molar-refractivity contribution in [2.24, 2.45) is 5.92 Å². The Hall–Kier alpha value is -4.98. The predicted octanol–water partition coefficient (Wildman–Crippen LogP) is 13.9. The van der Waals surface area contributed by atoms with Gasteiger partial charge in [0.25, 0.3) is 0 Å². The van der Waals surface area contributed by atoms with Crippen molar-refractivity contribution in [1.82, 2.24) is 0 Å². The maximum absolute atomic E-state index is 3.06. The zero-order chi connectivity index (χ0) is 41.8. The van der Waals surface area contributed by atoms with Gasteiger partial charge in [0.15, 0.2) is 8.07 Å². The Bertz CT molecular complexity index is 2270. The molecule has 0 N–H and O–H groups in total. The second-order valence-corrected chi connectivity index (χ2v) is 23.7. The van der Waals surface area contributed by atoms with Crippen LogP contribution in [0.5, 0.6) is 0 Å². The fourth-order valence-electron chi connectivity index (χ4n) is 9.74. The normalized spacial score (nSPS) is 15.4. The van der Waals surface area contributed by atoms with E-state index in [1.165, 1.54) is 82.4 Å².